The van der Waals surface area contributed by atoms with Gasteiger partial charge in [0.05, 0.1) is 24.2 Å². The zero-order valence-corrected chi connectivity index (χ0v) is 32.3. The van der Waals surface area contributed by atoms with Gasteiger partial charge in [0.25, 0.3) is 0 Å². The first kappa shape index (κ1) is 38.1. The van der Waals surface area contributed by atoms with E-state index in [2.05, 4.69) is 21.9 Å². The lowest BCUT2D eigenvalue weighted by atomic mass is 10.0. The minimum absolute atomic E-state index is 0.0473. The number of likely N-dealkylation sites (N-methyl/N-ethyl adjacent to an activating group) is 1. The molecule has 8 rings (SSSR count). The zero-order valence-electron chi connectivity index (χ0n) is 30.7. The van der Waals surface area contributed by atoms with Gasteiger partial charge in [-0.05, 0) is 61.7 Å². The Morgan fingerprint density at radius 2 is 0.964 bits per heavy atom. The number of hydrogen-bond acceptors (Lipinski definition) is 5. The molecule has 0 radical (unpaired) electrons. The number of piperidine rings is 1. The predicted octanol–water partition coefficient (Wildman–Crippen LogP) is 7.98. The van der Waals surface area contributed by atoms with Crippen LogP contribution < -0.4 is 0 Å². The number of amides is 2. The minimum Gasteiger partial charge on any atom is -0.352 e. The van der Waals surface area contributed by atoms with Crippen LogP contribution in [0, 0.1) is 0 Å². The van der Waals surface area contributed by atoms with Gasteiger partial charge < -0.3 is 24.7 Å². The summed E-state index contributed by atoms with van der Waals surface area (Å²) in [6.07, 6.45) is 3.68. The molecule has 4 aromatic carbocycles. The molecule has 2 fully saturated rings. The van der Waals surface area contributed by atoms with Crippen LogP contribution in [0.1, 0.15) is 62.5 Å². The van der Waals surface area contributed by atoms with Crippen molar-refractivity contribution in [2.45, 2.75) is 32.1 Å². The summed E-state index contributed by atoms with van der Waals surface area (Å²) in [4.78, 5) is 64.4. The highest BCUT2D eigenvalue weighted by atomic mass is 35.5. The molecule has 0 saturated carbocycles. The monoisotopic (exact) mass is 775 g/mol. The first-order valence-electron chi connectivity index (χ1n) is 18.7. The maximum absolute atomic E-state index is 13.1. The molecule has 2 saturated heterocycles. The van der Waals surface area contributed by atoms with Crippen LogP contribution in [0.2, 0.25) is 10.0 Å². The van der Waals surface area contributed by atoms with E-state index >= 15 is 0 Å². The molecule has 6 aromatic rings. The van der Waals surface area contributed by atoms with Crippen molar-refractivity contribution in [3.63, 3.8) is 0 Å². The highest BCUT2D eigenvalue weighted by molar-refractivity contribution is 6.31. The maximum Gasteiger partial charge on any atom is 0.227 e. The number of piperazine rings is 1. The second-order valence-electron chi connectivity index (χ2n) is 14.2. The van der Waals surface area contributed by atoms with Gasteiger partial charge in [-0.1, -0.05) is 96.0 Å². The average Bonchev–Trinajstić information content (AvgIpc) is 3.75. The molecule has 2 aliphatic heterocycles. The van der Waals surface area contributed by atoms with E-state index in [0.29, 0.717) is 45.6 Å². The van der Waals surface area contributed by atoms with Crippen molar-refractivity contribution < 1.29 is 19.2 Å². The lowest BCUT2D eigenvalue weighted by Crippen LogP contribution is -2.47. The molecule has 0 spiro atoms. The summed E-state index contributed by atoms with van der Waals surface area (Å²) < 4.78 is 0. The van der Waals surface area contributed by atoms with E-state index in [1.165, 1.54) is 6.42 Å². The standard InChI is InChI=1S/C22H22ClN3O2.C22H21ClN2O2/c1-25-9-11-26(12-10-25)20(27)14-18-17-8-7-16(23)13-19(17)24-21(18)22(28)15-5-3-2-4-6-15;23-16-9-10-17-18(14-20(26)25-11-5-2-6-12-25)21(24-19(17)13-16)22(27)15-7-3-1-4-8-15/h2-8,13,24H,9-12,14H2,1H3;1,3-4,7-10,13,24H,2,5-6,11-12,14H2. The fourth-order valence-corrected chi connectivity index (χ4v) is 7.75. The van der Waals surface area contributed by atoms with Gasteiger partial charge in [-0.25, -0.2) is 0 Å². The van der Waals surface area contributed by atoms with Gasteiger partial charge in [-0.3, -0.25) is 19.2 Å². The Kier molecular flexibility index (Phi) is 11.8. The molecule has 11 heteroatoms. The van der Waals surface area contributed by atoms with Crippen LogP contribution in [0.15, 0.2) is 97.1 Å². The summed E-state index contributed by atoms with van der Waals surface area (Å²) >= 11 is 12.3. The van der Waals surface area contributed by atoms with Gasteiger partial charge in [0.15, 0.2) is 0 Å². The summed E-state index contributed by atoms with van der Waals surface area (Å²) in [5.41, 5.74) is 5.18. The molecule has 0 atom stereocenters. The van der Waals surface area contributed by atoms with Crippen molar-refractivity contribution >= 4 is 68.4 Å². The first-order valence-corrected chi connectivity index (χ1v) is 19.5. The molecular weight excluding hydrogens is 733 g/mol. The van der Waals surface area contributed by atoms with Gasteiger partial charge in [-0.2, -0.15) is 0 Å². The molecule has 2 amide bonds. The number of carbonyl (C=O) groups excluding carboxylic acids is 4. The molecule has 4 heterocycles. The number of carbonyl (C=O) groups is 4. The van der Waals surface area contributed by atoms with Crippen LogP contribution in [0.3, 0.4) is 0 Å². The van der Waals surface area contributed by atoms with E-state index in [1.807, 2.05) is 58.3 Å². The third-order valence-electron chi connectivity index (χ3n) is 10.5. The van der Waals surface area contributed by atoms with Gasteiger partial charge >= 0.3 is 0 Å². The molecule has 0 bridgehead atoms. The van der Waals surface area contributed by atoms with Crippen molar-refractivity contribution in [2.24, 2.45) is 0 Å². The Hall–Kier alpha value is -5.22. The highest BCUT2D eigenvalue weighted by Gasteiger charge is 2.26. The average molecular weight is 777 g/mol. The number of aromatic amines is 2. The summed E-state index contributed by atoms with van der Waals surface area (Å²) in [5.74, 6) is -0.0998. The quantitative estimate of drug-likeness (QED) is 0.153. The maximum atomic E-state index is 13.1. The third kappa shape index (κ3) is 8.70. The lowest BCUT2D eigenvalue weighted by molar-refractivity contribution is -0.132. The van der Waals surface area contributed by atoms with Crippen molar-refractivity contribution in [3.8, 4) is 0 Å². The number of hydrogen-bond donors (Lipinski definition) is 2. The van der Waals surface area contributed by atoms with Gasteiger partial charge in [-0.15, -0.1) is 0 Å². The number of halogens is 2. The van der Waals surface area contributed by atoms with E-state index < -0.39 is 0 Å². The second kappa shape index (κ2) is 17.1. The molecule has 2 aliphatic rings. The smallest absolute Gasteiger partial charge is 0.227 e. The van der Waals surface area contributed by atoms with Crippen LogP contribution in [0.5, 0.6) is 0 Å². The van der Waals surface area contributed by atoms with Crippen LogP contribution in [0.25, 0.3) is 21.8 Å². The van der Waals surface area contributed by atoms with Crippen LogP contribution in [0.4, 0.5) is 0 Å². The number of nitrogens with zero attached hydrogens (tertiary/aromatic N) is 3. The fourth-order valence-electron chi connectivity index (χ4n) is 7.40. The number of benzene rings is 4. The Bertz CT molecular complexity index is 2340. The molecule has 9 nitrogen and oxygen atoms in total. The molecule has 2 aromatic heterocycles. The second-order valence-corrected chi connectivity index (χ2v) is 15.1. The Labute approximate surface area is 330 Å². The number of aromatic nitrogens is 2. The first-order chi connectivity index (χ1) is 26.7. The van der Waals surface area contributed by atoms with Crippen LogP contribution >= 0.6 is 23.2 Å². The minimum atomic E-state index is -0.117. The largest absolute Gasteiger partial charge is 0.352 e. The zero-order chi connectivity index (χ0) is 38.5. The topological polar surface area (TPSA) is 110 Å². The number of rotatable bonds is 8. The predicted molar refractivity (Wildman–Crippen MR) is 218 cm³/mol. The van der Waals surface area contributed by atoms with Crippen molar-refractivity contribution in [2.75, 3.05) is 46.3 Å². The summed E-state index contributed by atoms with van der Waals surface area (Å²) in [5, 5.41) is 2.93. The third-order valence-corrected chi connectivity index (χ3v) is 11.0. The molecule has 282 valence electrons. The van der Waals surface area contributed by atoms with Crippen LogP contribution in [-0.4, -0.2) is 94.4 Å². The normalized spacial score (nSPS) is 14.8. The highest BCUT2D eigenvalue weighted by Crippen LogP contribution is 2.30. The SMILES string of the molecule is CN1CCN(C(=O)Cc2c(C(=O)c3ccccc3)[nH]c3cc(Cl)ccc23)CC1.O=C(c1ccccc1)c1[nH]c2cc(Cl)ccc2c1CC(=O)N1CCCCC1. The Morgan fingerprint density at radius 1 is 0.545 bits per heavy atom. The number of fused-ring (bicyclic) bond motifs is 2. The lowest BCUT2D eigenvalue weighted by Gasteiger charge is -2.32. The fraction of sp³-hybridized carbons (Fsp3) is 0.273. The van der Waals surface area contributed by atoms with Gasteiger partial charge in [0.1, 0.15) is 0 Å². The van der Waals surface area contributed by atoms with E-state index in [-0.39, 0.29) is 36.2 Å². The number of H-pyrrole nitrogens is 2. The summed E-state index contributed by atoms with van der Waals surface area (Å²) in [7, 11) is 2.06. The number of ketones is 2. The molecule has 0 unspecified atom stereocenters. The molecule has 55 heavy (non-hydrogen) atoms. The molecular formula is C44H43Cl2N5O4. The van der Waals surface area contributed by atoms with Crippen LogP contribution in [-0.2, 0) is 22.4 Å². The van der Waals surface area contributed by atoms with Gasteiger partial charge in [0, 0.05) is 82.2 Å². The summed E-state index contributed by atoms with van der Waals surface area (Å²) in [6.45, 7) is 4.76. The van der Waals surface area contributed by atoms with Crippen molar-refractivity contribution in [1.82, 2.24) is 24.7 Å². The number of likely N-dealkylation sites (tertiary alicyclic amines) is 1. The Morgan fingerprint density at radius 3 is 1.40 bits per heavy atom. The van der Waals surface area contributed by atoms with E-state index in [0.717, 1.165) is 72.0 Å². The van der Waals surface area contributed by atoms with Crippen molar-refractivity contribution in [1.29, 1.82) is 0 Å². The van der Waals surface area contributed by atoms with E-state index in [1.54, 1.807) is 48.5 Å². The van der Waals surface area contributed by atoms with Gasteiger partial charge in [0.2, 0.25) is 23.4 Å². The number of nitrogens with one attached hydrogen (secondary N) is 2. The molecule has 2 N–H and O–H groups in total. The molecule has 0 aliphatic carbocycles. The van der Waals surface area contributed by atoms with E-state index in [9.17, 15) is 19.2 Å². The van der Waals surface area contributed by atoms with Crippen molar-refractivity contribution in [3.05, 3.63) is 141 Å². The van der Waals surface area contributed by atoms with E-state index in [4.69, 9.17) is 23.2 Å². The Balaban J connectivity index is 0.000000169. The summed E-state index contributed by atoms with van der Waals surface area (Å²) in [6, 6.07) is 29.2.